The number of benzene rings is 2. The zero-order valence-corrected chi connectivity index (χ0v) is 12.7. The van der Waals surface area contributed by atoms with Crippen LogP contribution in [0.1, 0.15) is 5.56 Å². The van der Waals surface area contributed by atoms with E-state index < -0.39 is 15.8 Å². The van der Waals surface area contributed by atoms with Crippen molar-refractivity contribution in [3.05, 3.63) is 57.8 Å². The maximum absolute atomic E-state index is 13.6. The zero-order chi connectivity index (χ0) is 14.9. The third-order valence-corrected chi connectivity index (χ3v) is 4.29. The summed E-state index contributed by atoms with van der Waals surface area (Å²) >= 11 is 11.5. The van der Waals surface area contributed by atoms with Crippen molar-refractivity contribution in [2.24, 2.45) is 0 Å². The molecule has 0 saturated carbocycles. The van der Waals surface area contributed by atoms with Crippen LogP contribution in [0.15, 0.2) is 41.3 Å². The predicted octanol–water partition coefficient (Wildman–Crippen LogP) is 4.24. The maximum atomic E-state index is 13.6. The molecule has 0 amide bonds. The van der Waals surface area contributed by atoms with Crippen molar-refractivity contribution in [3.8, 4) is 0 Å². The Morgan fingerprint density at radius 1 is 1.05 bits per heavy atom. The monoisotopic (exact) mass is 333 g/mol. The van der Waals surface area contributed by atoms with Crippen molar-refractivity contribution < 1.29 is 12.8 Å². The van der Waals surface area contributed by atoms with Gasteiger partial charge in [-0.15, -0.1) is 0 Å². The lowest BCUT2D eigenvalue weighted by Crippen LogP contribution is -2.14. The fourth-order valence-corrected chi connectivity index (χ4v) is 3.39. The van der Waals surface area contributed by atoms with Crippen LogP contribution in [0.25, 0.3) is 0 Å². The van der Waals surface area contributed by atoms with Crippen LogP contribution in [0.4, 0.5) is 10.1 Å². The Kier molecular flexibility index (Phi) is 4.22. The summed E-state index contributed by atoms with van der Waals surface area (Å²) in [6, 6.07) is 8.03. The van der Waals surface area contributed by atoms with Crippen LogP contribution in [0.5, 0.6) is 0 Å². The van der Waals surface area contributed by atoms with Crippen molar-refractivity contribution in [2.75, 3.05) is 4.72 Å². The highest BCUT2D eigenvalue weighted by atomic mass is 35.5. The SMILES string of the molecule is Cc1ccc(F)c(NS(=O)(=O)c2cc(Cl)cc(Cl)c2)c1. The van der Waals surface area contributed by atoms with Gasteiger partial charge >= 0.3 is 0 Å². The van der Waals surface area contributed by atoms with Crippen molar-refractivity contribution in [3.63, 3.8) is 0 Å². The van der Waals surface area contributed by atoms with E-state index in [2.05, 4.69) is 4.72 Å². The van der Waals surface area contributed by atoms with Gasteiger partial charge in [-0.3, -0.25) is 4.72 Å². The molecule has 20 heavy (non-hydrogen) atoms. The van der Waals surface area contributed by atoms with E-state index in [1.165, 1.54) is 30.3 Å². The van der Waals surface area contributed by atoms with Crippen molar-refractivity contribution in [1.82, 2.24) is 0 Å². The molecule has 7 heteroatoms. The molecule has 2 rings (SSSR count). The van der Waals surface area contributed by atoms with Crippen molar-refractivity contribution in [2.45, 2.75) is 11.8 Å². The van der Waals surface area contributed by atoms with Crippen LogP contribution in [0, 0.1) is 12.7 Å². The molecular formula is C13H10Cl2FNO2S. The minimum absolute atomic E-state index is 0.124. The van der Waals surface area contributed by atoms with Crippen LogP contribution in [-0.4, -0.2) is 8.42 Å². The summed E-state index contributed by atoms with van der Waals surface area (Å²) < 4.78 is 40.1. The van der Waals surface area contributed by atoms with Gasteiger partial charge in [0.25, 0.3) is 10.0 Å². The highest BCUT2D eigenvalue weighted by Gasteiger charge is 2.17. The summed E-state index contributed by atoms with van der Waals surface area (Å²) in [6.07, 6.45) is 0. The summed E-state index contributed by atoms with van der Waals surface area (Å²) in [5.41, 5.74) is 0.606. The molecule has 1 N–H and O–H groups in total. The van der Waals surface area contributed by atoms with E-state index in [-0.39, 0.29) is 20.6 Å². The van der Waals surface area contributed by atoms with Gasteiger partial charge in [-0.1, -0.05) is 29.3 Å². The number of rotatable bonds is 3. The minimum Gasteiger partial charge on any atom is -0.277 e. The summed E-state index contributed by atoms with van der Waals surface area (Å²) in [7, 11) is -3.96. The third kappa shape index (κ3) is 3.42. The smallest absolute Gasteiger partial charge is 0.262 e. The fourth-order valence-electron chi connectivity index (χ4n) is 1.60. The first-order valence-electron chi connectivity index (χ1n) is 5.53. The highest BCUT2D eigenvalue weighted by molar-refractivity contribution is 7.92. The largest absolute Gasteiger partial charge is 0.277 e. The Morgan fingerprint density at radius 3 is 2.25 bits per heavy atom. The van der Waals surface area contributed by atoms with E-state index in [1.807, 2.05) is 0 Å². The van der Waals surface area contributed by atoms with E-state index in [1.54, 1.807) is 13.0 Å². The molecule has 2 aromatic rings. The molecule has 0 bridgehead atoms. The first kappa shape index (κ1) is 15.1. The average Bonchev–Trinajstić information content (AvgIpc) is 2.32. The summed E-state index contributed by atoms with van der Waals surface area (Å²) in [6.45, 7) is 1.73. The number of halogens is 3. The van der Waals surface area contributed by atoms with Crippen LogP contribution >= 0.6 is 23.2 Å². The number of anilines is 1. The highest BCUT2D eigenvalue weighted by Crippen LogP contribution is 2.25. The molecule has 0 aliphatic rings. The summed E-state index contributed by atoms with van der Waals surface area (Å²) in [4.78, 5) is -0.129. The number of hydrogen-bond acceptors (Lipinski definition) is 2. The van der Waals surface area contributed by atoms with Crippen molar-refractivity contribution in [1.29, 1.82) is 0 Å². The molecule has 2 aromatic carbocycles. The van der Waals surface area contributed by atoms with Crippen LogP contribution in [0.2, 0.25) is 10.0 Å². The summed E-state index contributed by atoms with van der Waals surface area (Å²) in [5, 5.41) is 0.366. The van der Waals surface area contributed by atoms with Gasteiger partial charge in [0, 0.05) is 10.0 Å². The van der Waals surface area contributed by atoms with E-state index in [4.69, 9.17) is 23.2 Å². The van der Waals surface area contributed by atoms with Gasteiger partial charge in [0.2, 0.25) is 0 Å². The Hall–Kier alpha value is -1.30. The van der Waals surface area contributed by atoms with E-state index in [0.717, 1.165) is 5.56 Å². The number of nitrogens with one attached hydrogen (secondary N) is 1. The molecule has 106 valence electrons. The second kappa shape index (κ2) is 5.60. The molecule has 0 aliphatic carbocycles. The van der Waals surface area contributed by atoms with Gasteiger partial charge in [-0.05, 0) is 42.8 Å². The Morgan fingerprint density at radius 2 is 1.65 bits per heavy atom. The first-order valence-corrected chi connectivity index (χ1v) is 7.77. The quantitative estimate of drug-likeness (QED) is 0.912. The minimum atomic E-state index is -3.96. The molecular weight excluding hydrogens is 324 g/mol. The fraction of sp³-hybridized carbons (Fsp3) is 0.0769. The van der Waals surface area contributed by atoms with Crippen LogP contribution in [0.3, 0.4) is 0 Å². The third-order valence-electron chi connectivity index (χ3n) is 2.51. The molecule has 3 nitrogen and oxygen atoms in total. The van der Waals surface area contributed by atoms with Gasteiger partial charge in [-0.2, -0.15) is 0 Å². The predicted molar refractivity (Wildman–Crippen MR) is 78.4 cm³/mol. The lowest BCUT2D eigenvalue weighted by Gasteiger charge is -2.10. The Bertz CT molecular complexity index is 743. The Balaban J connectivity index is 2.43. The van der Waals surface area contributed by atoms with Gasteiger partial charge in [0.1, 0.15) is 5.82 Å². The molecule has 0 aromatic heterocycles. The number of hydrogen-bond donors (Lipinski definition) is 1. The average molecular weight is 334 g/mol. The van der Waals surface area contributed by atoms with Gasteiger partial charge in [0.05, 0.1) is 10.6 Å². The topological polar surface area (TPSA) is 46.2 Å². The number of aryl methyl sites for hydroxylation is 1. The van der Waals surface area contributed by atoms with E-state index in [0.29, 0.717) is 0 Å². The first-order chi connectivity index (χ1) is 9.28. The second-order valence-corrected chi connectivity index (χ2v) is 6.75. The molecule has 0 saturated heterocycles. The molecule has 0 fully saturated rings. The standard InChI is InChI=1S/C13H10Cl2FNO2S/c1-8-2-3-12(16)13(4-8)17-20(18,19)11-6-9(14)5-10(15)7-11/h2-7,17H,1H3. The normalized spacial score (nSPS) is 11.4. The molecule has 0 heterocycles. The second-order valence-electron chi connectivity index (χ2n) is 4.19. The number of sulfonamides is 1. The lowest BCUT2D eigenvalue weighted by atomic mass is 10.2. The molecule has 0 atom stereocenters. The lowest BCUT2D eigenvalue weighted by molar-refractivity contribution is 0.598. The van der Waals surface area contributed by atoms with Gasteiger partial charge in [0.15, 0.2) is 0 Å². The maximum Gasteiger partial charge on any atom is 0.262 e. The Labute approximate surface area is 126 Å². The van der Waals surface area contributed by atoms with E-state index >= 15 is 0 Å². The zero-order valence-electron chi connectivity index (χ0n) is 10.3. The van der Waals surface area contributed by atoms with E-state index in [9.17, 15) is 12.8 Å². The molecule has 0 spiro atoms. The van der Waals surface area contributed by atoms with Gasteiger partial charge < -0.3 is 0 Å². The molecule has 0 aliphatic heterocycles. The summed E-state index contributed by atoms with van der Waals surface area (Å²) in [5.74, 6) is -0.660. The van der Waals surface area contributed by atoms with Crippen molar-refractivity contribution >= 4 is 38.9 Å². The molecule has 0 radical (unpaired) electrons. The van der Waals surface area contributed by atoms with Crippen LogP contribution in [-0.2, 0) is 10.0 Å². The molecule has 0 unspecified atom stereocenters. The van der Waals surface area contributed by atoms with Gasteiger partial charge in [-0.25, -0.2) is 12.8 Å². The van der Waals surface area contributed by atoms with Crippen LogP contribution < -0.4 is 4.72 Å².